The maximum Gasteiger partial charge on any atom is 0.295 e. The topological polar surface area (TPSA) is 113 Å². The van der Waals surface area contributed by atoms with Crippen molar-refractivity contribution in [1.82, 2.24) is 19.5 Å². The quantitative estimate of drug-likeness (QED) is 0.552. The highest BCUT2D eigenvalue weighted by molar-refractivity contribution is 5.76. The van der Waals surface area contributed by atoms with Crippen LogP contribution in [0.15, 0.2) is 41.2 Å². The molecule has 1 aliphatic rings. The molecule has 1 fully saturated rings. The third kappa shape index (κ3) is 3.41. The number of anilines is 1. The zero-order valence-electron chi connectivity index (χ0n) is 15.7. The van der Waals surface area contributed by atoms with Gasteiger partial charge < -0.3 is 19.4 Å². The van der Waals surface area contributed by atoms with Crippen LogP contribution in [0.4, 0.5) is 6.01 Å². The van der Waals surface area contributed by atoms with E-state index in [0.717, 1.165) is 42.4 Å². The van der Waals surface area contributed by atoms with Crippen molar-refractivity contribution < 1.29 is 9.52 Å². The molecule has 4 aromatic rings. The lowest BCUT2D eigenvalue weighted by atomic mass is 9.93. The van der Waals surface area contributed by atoms with Gasteiger partial charge in [0.2, 0.25) is 0 Å². The second-order valence-corrected chi connectivity index (χ2v) is 7.47. The Kier molecular flexibility index (Phi) is 4.37. The first kappa shape index (κ1) is 17.6. The van der Waals surface area contributed by atoms with Crippen molar-refractivity contribution in [1.29, 1.82) is 5.26 Å². The van der Waals surface area contributed by atoms with Crippen LogP contribution in [0.25, 0.3) is 22.3 Å². The number of rotatable bonds is 4. The van der Waals surface area contributed by atoms with Gasteiger partial charge in [-0.25, -0.2) is 9.97 Å². The highest BCUT2D eigenvalue weighted by Crippen LogP contribution is 2.25. The van der Waals surface area contributed by atoms with Crippen molar-refractivity contribution in [3.8, 4) is 6.07 Å². The molecule has 0 bridgehead atoms. The van der Waals surface area contributed by atoms with E-state index in [9.17, 15) is 5.11 Å². The zero-order valence-corrected chi connectivity index (χ0v) is 15.7. The molecule has 0 aliphatic heterocycles. The lowest BCUT2D eigenvalue weighted by Gasteiger charge is -2.27. The van der Waals surface area contributed by atoms with E-state index in [1.165, 1.54) is 0 Å². The van der Waals surface area contributed by atoms with Crippen LogP contribution in [0, 0.1) is 11.3 Å². The summed E-state index contributed by atoms with van der Waals surface area (Å²) < 4.78 is 7.82. The highest BCUT2D eigenvalue weighted by atomic mass is 16.4. The molecule has 0 spiro atoms. The smallest absolute Gasteiger partial charge is 0.295 e. The summed E-state index contributed by atoms with van der Waals surface area (Å²) in [6, 6.07) is 10.1. The first-order valence-corrected chi connectivity index (χ1v) is 9.75. The van der Waals surface area contributed by atoms with E-state index in [2.05, 4.69) is 26.3 Å². The van der Waals surface area contributed by atoms with Crippen molar-refractivity contribution in [2.45, 2.75) is 44.4 Å². The third-order valence-corrected chi connectivity index (χ3v) is 5.43. The molecule has 8 nitrogen and oxygen atoms in total. The molecule has 146 valence electrons. The van der Waals surface area contributed by atoms with Gasteiger partial charge in [0.25, 0.3) is 6.01 Å². The summed E-state index contributed by atoms with van der Waals surface area (Å²) >= 11 is 0. The fraction of sp³-hybridized carbons (Fsp3) is 0.333. The number of oxazole rings is 1. The SMILES string of the molecule is N#Cc1cnc2c(c1)ncn2Cc1ccc2nc(N[C@@H]3CCCC[C@H]3O)oc2c1. The molecule has 2 N–H and O–H groups in total. The summed E-state index contributed by atoms with van der Waals surface area (Å²) in [5, 5.41) is 22.4. The Labute approximate surface area is 166 Å². The largest absolute Gasteiger partial charge is 0.424 e. The normalized spacial score (nSPS) is 19.4. The van der Waals surface area contributed by atoms with Gasteiger partial charge in [0.05, 0.1) is 30.6 Å². The summed E-state index contributed by atoms with van der Waals surface area (Å²) in [6.07, 6.45) is 6.80. The number of aliphatic hydroxyl groups is 1. The van der Waals surface area contributed by atoms with Crippen molar-refractivity contribution in [3.63, 3.8) is 0 Å². The molecule has 5 rings (SSSR count). The first-order valence-electron chi connectivity index (χ1n) is 9.75. The maximum atomic E-state index is 10.1. The Morgan fingerprint density at radius 2 is 2.10 bits per heavy atom. The minimum absolute atomic E-state index is 0.0158. The zero-order chi connectivity index (χ0) is 19.8. The molecular weight excluding hydrogens is 368 g/mol. The van der Waals surface area contributed by atoms with E-state index in [4.69, 9.17) is 9.68 Å². The van der Waals surface area contributed by atoms with Gasteiger partial charge in [-0.15, -0.1) is 0 Å². The number of pyridine rings is 1. The summed E-state index contributed by atoms with van der Waals surface area (Å²) in [5.41, 5.74) is 4.42. The van der Waals surface area contributed by atoms with E-state index in [0.29, 0.717) is 29.2 Å². The van der Waals surface area contributed by atoms with Gasteiger partial charge >= 0.3 is 0 Å². The summed E-state index contributed by atoms with van der Waals surface area (Å²) in [5.74, 6) is 0. The number of nitrogens with one attached hydrogen (secondary N) is 1. The van der Waals surface area contributed by atoms with E-state index in [1.807, 2.05) is 22.8 Å². The molecule has 0 amide bonds. The number of hydrogen-bond acceptors (Lipinski definition) is 7. The average Bonchev–Trinajstić information content (AvgIpc) is 3.32. The molecule has 3 aromatic heterocycles. The van der Waals surface area contributed by atoms with E-state index in [1.54, 1.807) is 18.6 Å². The molecule has 3 heterocycles. The molecule has 1 aliphatic carbocycles. The van der Waals surface area contributed by atoms with Crippen LogP contribution in [0.3, 0.4) is 0 Å². The predicted octanol–water partition coefficient (Wildman–Crippen LogP) is 3.21. The van der Waals surface area contributed by atoms with Crippen LogP contribution in [0.5, 0.6) is 0 Å². The van der Waals surface area contributed by atoms with Crippen LogP contribution < -0.4 is 5.32 Å². The molecule has 1 aromatic carbocycles. The number of hydrogen-bond donors (Lipinski definition) is 2. The number of aromatic nitrogens is 4. The summed E-state index contributed by atoms with van der Waals surface area (Å²) in [7, 11) is 0. The van der Waals surface area contributed by atoms with Crippen molar-refractivity contribution in [3.05, 3.63) is 47.9 Å². The van der Waals surface area contributed by atoms with E-state index in [-0.39, 0.29) is 12.1 Å². The van der Waals surface area contributed by atoms with Gasteiger partial charge in [-0.05, 0) is 36.6 Å². The molecule has 0 saturated heterocycles. The lowest BCUT2D eigenvalue weighted by Crippen LogP contribution is -2.36. The van der Waals surface area contributed by atoms with Crippen LogP contribution in [-0.4, -0.2) is 36.8 Å². The minimum atomic E-state index is -0.363. The first-order chi connectivity index (χ1) is 14.2. The van der Waals surface area contributed by atoms with Crippen molar-refractivity contribution in [2.24, 2.45) is 0 Å². The Hall–Kier alpha value is -3.44. The monoisotopic (exact) mass is 388 g/mol. The minimum Gasteiger partial charge on any atom is -0.424 e. The maximum absolute atomic E-state index is 10.1. The van der Waals surface area contributed by atoms with Crippen LogP contribution in [0.1, 0.15) is 36.8 Å². The lowest BCUT2D eigenvalue weighted by molar-refractivity contribution is 0.115. The molecule has 29 heavy (non-hydrogen) atoms. The van der Waals surface area contributed by atoms with E-state index >= 15 is 0 Å². The Morgan fingerprint density at radius 1 is 1.21 bits per heavy atom. The molecule has 8 heteroatoms. The highest BCUT2D eigenvalue weighted by Gasteiger charge is 2.24. The van der Waals surface area contributed by atoms with Gasteiger partial charge in [0.15, 0.2) is 11.2 Å². The number of aliphatic hydroxyl groups excluding tert-OH is 1. The number of nitriles is 1. The fourth-order valence-electron chi connectivity index (χ4n) is 3.89. The van der Waals surface area contributed by atoms with Gasteiger partial charge in [0.1, 0.15) is 17.1 Å². The van der Waals surface area contributed by atoms with Crippen molar-refractivity contribution >= 4 is 28.3 Å². The van der Waals surface area contributed by atoms with Gasteiger partial charge in [0, 0.05) is 6.20 Å². The molecule has 1 saturated carbocycles. The van der Waals surface area contributed by atoms with Crippen molar-refractivity contribution in [2.75, 3.05) is 5.32 Å². The molecular formula is C21H20N6O2. The summed E-state index contributed by atoms with van der Waals surface area (Å²) in [6.45, 7) is 0.580. The number of benzene rings is 1. The Bertz CT molecular complexity index is 1220. The van der Waals surface area contributed by atoms with Gasteiger partial charge in [-0.1, -0.05) is 18.9 Å². The number of fused-ring (bicyclic) bond motifs is 2. The van der Waals surface area contributed by atoms with Crippen LogP contribution >= 0.6 is 0 Å². The second-order valence-electron chi connectivity index (χ2n) is 7.47. The molecule has 0 radical (unpaired) electrons. The third-order valence-electron chi connectivity index (χ3n) is 5.43. The summed E-state index contributed by atoms with van der Waals surface area (Å²) in [4.78, 5) is 13.2. The number of nitrogens with zero attached hydrogens (tertiary/aromatic N) is 5. The van der Waals surface area contributed by atoms with Gasteiger partial charge in [-0.2, -0.15) is 10.2 Å². The standard InChI is InChI=1S/C21H20N6O2/c22-9-14-7-17-20(23-10-14)27(12-24-17)11-13-5-6-16-19(8-13)29-21(26-16)25-15-3-1-2-4-18(15)28/h5-8,10,12,15,18,28H,1-4,11H2,(H,25,26)/t15-,18-/m1/s1. The van der Waals surface area contributed by atoms with Crippen LogP contribution in [-0.2, 0) is 6.54 Å². The van der Waals surface area contributed by atoms with E-state index < -0.39 is 0 Å². The average molecular weight is 388 g/mol. The molecule has 0 unspecified atom stereocenters. The second kappa shape index (κ2) is 7.18. The number of imidazole rings is 1. The van der Waals surface area contributed by atoms with Crippen LogP contribution in [0.2, 0.25) is 0 Å². The Balaban J connectivity index is 1.38. The van der Waals surface area contributed by atoms with Gasteiger partial charge in [-0.3, -0.25) is 0 Å². The molecule has 2 atom stereocenters. The Morgan fingerprint density at radius 3 is 2.97 bits per heavy atom. The fourth-order valence-corrected chi connectivity index (χ4v) is 3.89. The predicted molar refractivity (Wildman–Crippen MR) is 107 cm³/mol.